The van der Waals surface area contributed by atoms with E-state index < -0.39 is 18.5 Å². The Bertz CT molecular complexity index is 1060. The summed E-state index contributed by atoms with van der Waals surface area (Å²) in [6.07, 6.45) is 0. The Kier molecular flexibility index (Phi) is 5.43. The van der Waals surface area contributed by atoms with Gasteiger partial charge in [0.15, 0.2) is 6.61 Å². The fraction of sp³-hybridized carbons (Fsp3) is 0.0556. The number of esters is 1. The van der Waals surface area contributed by atoms with Gasteiger partial charge in [-0.25, -0.2) is 4.79 Å². The van der Waals surface area contributed by atoms with Crippen molar-refractivity contribution in [3.8, 4) is 6.07 Å². The molecule has 0 aliphatic rings. The van der Waals surface area contributed by atoms with Crippen molar-refractivity contribution in [2.75, 3.05) is 11.9 Å². The lowest BCUT2D eigenvalue weighted by Crippen LogP contribution is -2.21. The Morgan fingerprint density at radius 2 is 1.96 bits per heavy atom. The molecule has 1 heterocycles. The van der Waals surface area contributed by atoms with Crippen LogP contribution in [0.5, 0.6) is 0 Å². The maximum absolute atomic E-state index is 12.2. The standard InChI is InChI=1S/C18H10Cl2N2O3S/c19-11-6-5-10(8-21)13(7-11)22-15(23)9-25-18(24)17-16(20)12-3-1-2-4-14(12)26-17/h1-7H,9H2,(H,22,23). The number of nitrogens with zero attached hydrogens (tertiary/aromatic N) is 1. The van der Waals surface area contributed by atoms with E-state index in [1.165, 1.54) is 23.5 Å². The number of nitriles is 1. The molecule has 0 radical (unpaired) electrons. The Hall–Kier alpha value is -2.59. The van der Waals surface area contributed by atoms with Crippen LogP contribution in [0.25, 0.3) is 10.1 Å². The highest BCUT2D eigenvalue weighted by atomic mass is 35.5. The van der Waals surface area contributed by atoms with Crippen molar-refractivity contribution in [2.45, 2.75) is 0 Å². The first-order valence-electron chi connectivity index (χ1n) is 7.33. The predicted octanol–water partition coefficient (Wildman–Crippen LogP) is 4.88. The smallest absolute Gasteiger partial charge is 0.350 e. The molecule has 0 saturated heterocycles. The van der Waals surface area contributed by atoms with Gasteiger partial charge in [-0.2, -0.15) is 5.26 Å². The van der Waals surface area contributed by atoms with Crippen LogP contribution >= 0.6 is 34.5 Å². The summed E-state index contributed by atoms with van der Waals surface area (Å²) in [5, 5.41) is 13.0. The highest BCUT2D eigenvalue weighted by Crippen LogP contribution is 2.35. The predicted molar refractivity (Wildman–Crippen MR) is 102 cm³/mol. The van der Waals surface area contributed by atoms with E-state index in [0.717, 1.165) is 10.1 Å². The van der Waals surface area contributed by atoms with Crippen LogP contribution in [0, 0.1) is 11.3 Å². The Morgan fingerprint density at radius 1 is 1.19 bits per heavy atom. The number of amides is 1. The lowest BCUT2D eigenvalue weighted by molar-refractivity contribution is -0.119. The molecule has 0 saturated carbocycles. The molecule has 0 fully saturated rings. The lowest BCUT2D eigenvalue weighted by atomic mass is 10.2. The summed E-state index contributed by atoms with van der Waals surface area (Å²) in [6.45, 7) is -0.513. The summed E-state index contributed by atoms with van der Waals surface area (Å²) in [5.41, 5.74) is 0.502. The third kappa shape index (κ3) is 3.81. The van der Waals surface area contributed by atoms with Gasteiger partial charge in [0, 0.05) is 15.1 Å². The van der Waals surface area contributed by atoms with Crippen molar-refractivity contribution >= 4 is 62.2 Å². The van der Waals surface area contributed by atoms with Crippen molar-refractivity contribution < 1.29 is 14.3 Å². The van der Waals surface area contributed by atoms with E-state index in [4.69, 9.17) is 33.2 Å². The van der Waals surface area contributed by atoms with Crippen LogP contribution in [0.4, 0.5) is 5.69 Å². The topological polar surface area (TPSA) is 79.2 Å². The van der Waals surface area contributed by atoms with Crippen molar-refractivity contribution in [3.05, 3.63) is 63.0 Å². The number of hydrogen-bond donors (Lipinski definition) is 1. The highest BCUT2D eigenvalue weighted by molar-refractivity contribution is 7.21. The quantitative estimate of drug-likeness (QED) is 0.628. The second kappa shape index (κ2) is 7.75. The van der Waals surface area contributed by atoms with Crippen LogP contribution in [-0.2, 0) is 9.53 Å². The number of fused-ring (bicyclic) bond motifs is 1. The number of carbonyl (C=O) groups is 2. The van der Waals surface area contributed by atoms with Gasteiger partial charge in [-0.15, -0.1) is 11.3 Å². The van der Waals surface area contributed by atoms with Crippen molar-refractivity contribution in [1.29, 1.82) is 5.26 Å². The van der Waals surface area contributed by atoms with E-state index in [1.54, 1.807) is 12.1 Å². The van der Waals surface area contributed by atoms with Gasteiger partial charge in [0.25, 0.3) is 5.91 Å². The van der Waals surface area contributed by atoms with E-state index in [1.807, 2.05) is 24.3 Å². The Balaban J connectivity index is 1.68. The van der Waals surface area contributed by atoms with Gasteiger partial charge in [-0.3, -0.25) is 4.79 Å². The van der Waals surface area contributed by atoms with Crippen LogP contribution in [0.3, 0.4) is 0 Å². The Morgan fingerprint density at radius 3 is 2.69 bits per heavy atom. The van der Waals surface area contributed by atoms with Crippen molar-refractivity contribution in [3.63, 3.8) is 0 Å². The summed E-state index contributed by atoms with van der Waals surface area (Å²) < 4.78 is 5.89. The fourth-order valence-corrected chi connectivity index (χ4v) is 3.82. The van der Waals surface area contributed by atoms with Crippen molar-refractivity contribution in [2.24, 2.45) is 0 Å². The zero-order valence-electron chi connectivity index (χ0n) is 13.1. The monoisotopic (exact) mass is 404 g/mol. The van der Waals surface area contributed by atoms with E-state index >= 15 is 0 Å². The van der Waals surface area contributed by atoms with E-state index in [9.17, 15) is 9.59 Å². The average Bonchev–Trinajstić information content (AvgIpc) is 2.97. The molecule has 0 aliphatic heterocycles. The van der Waals surface area contributed by atoms with Crippen molar-refractivity contribution in [1.82, 2.24) is 0 Å². The fourth-order valence-electron chi connectivity index (χ4n) is 2.25. The minimum absolute atomic E-state index is 0.237. The third-order valence-corrected chi connectivity index (χ3v) is 5.32. The average molecular weight is 405 g/mol. The molecule has 0 unspecified atom stereocenters. The zero-order chi connectivity index (χ0) is 18.7. The molecular weight excluding hydrogens is 395 g/mol. The number of nitrogens with one attached hydrogen (secondary N) is 1. The maximum Gasteiger partial charge on any atom is 0.350 e. The number of carbonyl (C=O) groups excluding carboxylic acids is 2. The van der Waals surface area contributed by atoms with Crippen LogP contribution in [-0.4, -0.2) is 18.5 Å². The normalized spacial score (nSPS) is 10.3. The first kappa shape index (κ1) is 18.2. The van der Waals surface area contributed by atoms with Gasteiger partial charge in [-0.05, 0) is 24.3 Å². The molecule has 5 nitrogen and oxygen atoms in total. The first-order valence-corrected chi connectivity index (χ1v) is 8.90. The first-order chi connectivity index (χ1) is 12.5. The maximum atomic E-state index is 12.2. The number of thiophene rings is 1. The largest absolute Gasteiger partial charge is 0.451 e. The van der Waals surface area contributed by atoms with E-state index in [-0.39, 0.29) is 16.1 Å². The van der Waals surface area contributed by atoms with Crippen LogP contribution < -0.4 is 5.32 Å². The lowest BCUT2D eigenvalue weighted by Gasteiger charge is -2.08. The van der Waals surface area contributed by atoms with Gasteiger partial charge in [0.1, 0.15) is 10.9 Å². The number of hydrogen-bond acceptors (Lipinski definition) is 5. The molecule has 3 rings (SSSR count). The summed E-state index contributed by atoms with van der Waals surface area (Å²) in [4.78, 5) is 24.5. The van der Waals surface area contributed by atoms with Gasteiger partial charge in [0.2, 0.25) is 0 Å². The minimum atomic E-state index is -0.682. The second-order valence-electron chi connectivity index (χ2n) is 5.17. The van der Waals surface area contributed by atoms with Crippen LogP contribution in [0.1, 0.15) is 15.2 Å². The molecule has 2 aromatic carbocycles. The van der Waals surface area contributed by atoms with Crippen LogP contribution in [0.2, 0.25) is 10.0 Å². The molecule has 0 spiro atoms. The Labute approximate surface area is 162 Å². The van der Waals surface area contributed by atoms with Gasteiger partial charge >= 0.3 is 5.97 Å². The number of halogens is 2. The molecule has 130 valence electrons. The van der Waals surface area contributed by atoms with E-state index in [0.29, 0.717) is 10.0 Å². The molecule has 1 N–H and O–H groups in total. The van der Waals surface area contributed by atoms with Gasteiger partial charge < -0.3 is 10.1 Å². The van der Waals surface area contributed by atoms with Gasteiger partial charge in [-0.1, -0.05) is 41.4 Å². The number of rotatable bonds is 4. The molecule has 0 bridgehead atoms. The number of ether oxygens (including phenoxy) is 1. The summed E-state index contributed by atoms with van der Waals surface area (Å²) >= 11 is 13.3. The molecule has 0 atom stereocenters. The highest BCUT2D eigenvalue weighted by Gasteiger charge is 2.19. The third-order valence-electron chi connectivity index (χ3n) is 3.43. The molecule has 1 aromatic heterocycles. The van der Waals surface area contributed by atoms with Gasteiger partial charge in [0.05, 0.1) is 16.3 Å². The molecule has 3 aromatic rings. The minimum Gasteiger partial charge on any atom is -0.451 e. The second-order valence-corrected chi connectivity index (χ2v) is 7.03. The molecule has 26 heavy (non-hydrogen) atoms. The SMILES string of the molecule is N#Cc1ccc(Cl)cc1NC(=O)COC(=O)c1sc2ccccc2c1Cl. The molecular formula is C18H10Cl2N2O3S. The summed E-state index contributed by atoms with van der Waals surface area (Å²) in [7, 11) is 0. The molecule has 8 heteroatoms. The summed E-state index contributed by atoms with van der Waals surface area (Å²) in [5.74, 6) is -1.27. The number of benzene rings is 2. The molecule has 1 amide bonds. The van der Waals surface area contributed by atoms with E-state index in [2.05, 4.69) is 5.32 Å². The molecule has 0 aliphatic carbocycles. The summed E-state index contributed by atoms with van der Waals surface area (Å²) in [6, 6.07) is 13.7. The number of anilines is 1. The zero-order valence-corrected chi connectivity index (χ0v) is 15.4. The van der Waals surface area contributed by atoms with Crippen LogP contribution in [0.15, 0.2) is 42.5 Å².